The fourth-order valence-electron chi connectivity index (χ4n) is 4.45. The van der Waals surface area contributed by atoms with Gasteiger partial charge in [0.1, 0.15) is 4.90 Å². The van der Waals surface area contributed by atoms with Crippen LogP contribution >= 0.6 is 37.3 Å². The van der Waals surface area contributed by atoms with Crippen LogP contribution < -0.4 is 31.9 Å². The molecule has 0 fully saturated rings. The zero-order valence-corrected chi connectivity index (χ0v) is 37.0. The molecular weight excluding hydrogens is 953 g/mol. The van der Waals surface area contributed by atoms with E-state index in [1.165, 1.54) is 24.3 Å². The van der Waals surface area contributed by atoms with Gasteiger partial charge in [0.05, 0.1) is 23.5 Å². The minimum absolute atomic E-state index is 0.00551. The van der Waals surface area contributed by atoms with E-state index in [0.29, 0.717) is 52.8 Å². The van der Waals surface area contributed by atoms with Crippen LogP contribution in [0.4, 0.5) is 47.1 Å². The van der Waals surface area contributed by atoms with E-state index in [0.717, 1.165) is 6.07 Å². The Morgan fingerprint density at radius 3 is 1.48 bits per heavy atom. The maximum atomic E-state index is 12.6. The van der Waals surface area contributed by atoms with Gasteiger partial charge in [-0.15, -0.1) is 13.0 Å². The summed E-state index contributed by atoms with van der Waals surface area (Å²) in [5, 5.41) is 47.5. The summed E-state index contributed by atoms with van der Waals surface area (Å²) in [6.45, 7) is 0.710. The first kappa shape index (κ1) is 49.1. The lowest BCUT2D eigenvalue weighted by Gasteiger charge is -2.13. The topological polar surface area (TPSA) is 336 Å². The summed E-state index contributed by atoms with van der Waals surface area (Å²) in [6, 6.07) is 8.84. The normalized spacial score (nSPS) is 13.6. The number of anilines is 8. The van der Waals surface area contributed by atoms with Crippen molar-refractivity contribution in [1.82, 2.24) is 29.9 Å². The van der Waals surface area contributed by atoms with Crippen LogP contribution in [0.5, 0.6) is 0 Å². The van der Waals surface area contributed by atoms with Crippen LogP contribution in [0.25, 0.3) is 12.2 Å². The van der Waals surface area contributed by atoms with Crippen molar-refractivity contribution in [3.8, 4) is 0 Å². The van der Waals surface area contributed by atoms with Crippen LogP contribution in [-0.4, -0.2) is 116 Å². The average Bonchev–Trinajstić information content (AvgIpc) is 3.20. The Kier molecular flexibility index (Phi) is 19.3. The van der Waals surface area contributed by atoms with Gasteiger partial charge in [-0.2, -0.15) is 63.6 Å². The standard InChI is InChI=1S/C28H36N12O12S8/c41-49-52-57-21-15-19(33-27-37-23(29-7-11-53)35-25(39-27)31-9-13-58(44,55)50-42)5-3-17(21)1-2-18-4-6-20(16-22(18)60(46,47)48)34-28-38-24(30-8-12-54)36-26(40-28)32-10-14-59(45,56)51-43/h1-6,15-16,41-43,53-54H,7-14H2,(H,46,47,48)(H3,29,31,33,35,37,39)(H3,30,32,34,36,38,40). The number of hydrogen-bond acceptors (Lipinski definition) is 28. The summed E-state index contributed by atoms with van der Waals surface area (Å²) >= 11 is 18.2. The molecule has 0 amide bonds. The Balaban J connectivity index is 1.60. The van der Waals surface area contributed by atoms with Crippen molar-refractivity contribution in [1.29, 1.82) is 0 Å². The molecule has 2 aromatic carbocycles. The van der Waals surface area contributed by atoms with Gasteiger partial charge >= 0.3 is 0 Å². The molecule has 2 aromatic heterocycles. The van der Waals surface area contributed by atoms with Crippen LogP contribution in [0.1, 0.15) is 11.1 Å². The first-order valence-electron chi connectivity index (χ1n) is 16.5. The molecule has 4 aromatic rings. The summed E-state index contributed by atoms with van der Waals surface area (Å²) < 4.78 is 71.4. The highest BCUT2D eigenvalue weighted by molar-refractivity contribution is 8.30. The van der Waals surface area contributed by atoms with Gasteiger partial charge in [0.2, 0.25) is 35.7 Å². The molecule has 2 atom stereocenters. The summed E-state index contributed by atoms with van der Waals surface area (Å²) in [6.07, 6.45) is 2.91. The van der Waals surface area contributed by atoms with Gasteiger partial charge in [-0.3, -0.25) is 4.55 Å². The van der Waals surface area contributed by atoms with Gasteiger partial charge in [0.25, 0.3) is 10.1 Å². The molecule has 2 heterocycles. The second-order valence-corrected chi connectivity index (χ2v) is 20.6. The molecule has 60 heavy (non-hydrogen) atoms. The van der Waals surface area contributed by atoms with E-state index in [9.17, 15) is 21.4 Å². The maximum Gasteiger partial charge on any atom is 0.295 e. The minimum Gasteiger partial charge on any atom is -0.353 e. The van der Waals surface area contributed by atoms with Crippen molar-refractivity contribution >= 4 is 147 Å². The third-order valence-electron chi connectivity index (χ3n) is 6.97. The van der Waals surface area contributed by atoms with E-state index >= 15 is 0 Å². The van der Waals surface area contributed by atoms with Crippen LogP contribution in [-0.2, 0) is 68.1 Å². The zero-order chi connectivity index (χ0) is 43.8. The smallest absolute Gasteiger partial charge is 0.295 e. The number of aromatic nitrogens is 6. The van der Waals surface area contributed by atoms with E-state index in [-0.39, 0.29) is 71.5 Å². The van der Waals surface area contributed by atoms with Crippen LogP contribution in [0, 0.1) is 0 Å². The molecule has 0 radical (unpaired) electrons. The molecule has 0 saturated heterocycles. The van der Waals surface area contributed by atoms with E-state index in [1.807, 2.05) is 0 Å². The lowest BCUT2D eigenvalue weighted by atomic mass is 10.1. The SMILES string of the molecule is O=S(=O)(O)c1cc(Nc2nc(NCCS)nc(NCCS(=O)(=S)OO)n2)ccc1C=Cc1ccc(Nc2nc(NCCS)nc(NCCS(=O)(=S)OO)n2)cc1SOOO. The molecule has 24 nitrogen and oxygen atoms in total. The average molecular weight is 989 g/mol. The number of benzene rings is 2. The Morgan fingerprint density at radius 2 is 1.05 bits per heavy atom. The second kappa shape index (κ2) is 23.6. The molecule has 4 rings (SSSR count). The lowest BCUT2D eigenvalue weighted by molar-refractivity contribution is -0.432. The molecule has 328 valence electrons. The number of nitrogens with zero attached hydrogens (tertiary/aromatic N) is 6. The van der Waals surface area contributed by atoms with Crippen molar-refractivity contribution in [2.75, 3.05) is 81.1 Å². The van der Waals surface area contributed by atoms with Gasteiger partial charge in [-0.1, -0.05) is 29.3 Å². The van der Waals surface area contributed by atoms with Crippen molar-refractivity contribution in [3.05, 3.63) is 47.5 Å². The number of thiol groups is 2. The Hall–Kier alpha value is -3.58. The van der Waals surface area contributed by atoms with Gasteiger partial charge in [-0.25, -0.2) is 24.2 Å². The third-order valence-corrected chi connectivity index (χ3v) is 12.2. The zero-order valence-electron chi connectivity index (χ0n) is 30.4. The Morgan fingerprint density at radius 1 is 0.633 bits per heavy atom. The molecule has 0 spiro atoms. The van der Waals surface area contributed by atoms with Crippen LogP contribution in [0.3, 0.4) is 0 Å². The summed E-state index contributed by atoms with van der Waals surface area (Å²) in [5.74, 6) is 0.751. The summed E-state index contributed by atoms with van der Waals surface area (Å²) in [5.41, 5.74) is 1.06. The number of nitrogens with one attached hydrogen (secondary N) is 6. The summed E-state index contributed by atoms with van der Waals surface area (Å²) in [7, 11) is -11.5. The van der Waals surface area contributed by atoms with E-state index in [4.69, 9.17) is 15.8 Å². The first-order chi connectivity index (χ1) is 28.6. The van der Waals surface area contributed by atoms with Crippen molar-refractivity contribution in [2.24, 2.45) is 0 Å². The molecule has 0 aliphatic rings. The van der Waals surface area contributed by atoms with E-state index in [1.54, 1.807) is 18.2 Å². The molecule has 32 heteroatoms. The maximum absolute atomic E-state index is 12.6. The van der Waals surface area contributed by atoms with Crippen LogP contribution in [0.2, 0.25) is 0 Å². The monoisotopic (exact) mass is 988 g/mol. The minimum atomic E-state index is -4.81. The first-order valence-corrected chi connectivity index (χ1v) is 25.1. The van der Waals surface area contributed by atoms with Crippen LogP contribution in [0.15, 0.2) is 46.2 Å². The van der Waals surface area contributed by atoms with E-state index < -0.39 is 32.6 Å². The highest BCUT2D eigenvalue weighted by Crippen LogP contribution is 2.31. The highest BCUT2D eigenvalue weighted by Gasteiger charge is 2.18. The molecule has 0 aliphatic heterocycles. The Labute approximate surface area is 367 Å². The third kappa shape index (κ3) is 16.4. The van der Waals surface area contributed by atoms with Gasteiger partial charge in [-0.05, 0) is 35.4 Å². The molecule has 0 aliphatic carbocycles. The highest BCUT2D eigenvalue weighted by atomic mass is 32.8. The van der Waals surface area contributed by atoms with Crippen molar-refractivity contribution in [2.45, 2.75) is 9.79 Å². The quantitative estimate of drug-likeness (QED) is 0.0107. The molecule has 10 N–H and O–H groups in total. The predicted octanol–water partition coefficient (Wildman–Crippen LogP) is 3.20. The van der Waals surface area contributed by atoms with Crippen molar-refractivity contribution < 1.29 is 55.2 Å². The lowest BCUT2D eigenvalue weighted by Crippen LogP contribution is -2.18. The molecule has 0 saturated carbocycles. The van der Waals surface area contributed by atoms with E-state index in [2.05, 4.69) is 127 Å². The predicted molar refractivity (Wildman–Crippen MR) is 238 cm³/mol. The second-order valence-electron chi connectivity index (χ2n) is 11.2. The molecule has 2 unspecified atom stereocenters. The fraction of sp³-hybridized carbons (Fsp3) is 0.286. The molecule has 0 bridgehead atoms. The number of hydrogen-bond donors (Lipinski definition) is 12. The van der Waals surface area contributed by atoms with Crippen molar-refractivity contribution in [3.63, 3.8) is 0 Å². The largest absolute Gasteiger partial charge is 0.353 e. The fourth-order valence-corrected chi connectivity index (χ4v) is 7.25. The molecular formula is C28H36N12O12S8. The summed E-state index contributed by atoms with van der Waals surface area (Å²) in [4.78, 5) is 25.4. The van der Waals surface area contributed by atoms with Gasteiger partial charge in [0.15, 0.2) is 17.5 Å². The number of rotatable bonds is 26. The Bertz CT molecular complexity index is 2440. The van der Waals surface area contributed by atoms with Gasteiger partial charge < -0.3 is 31.9 Å². The van der Waals surface area contributed by atoms with Gasteiger partial charge in [0, 0.05) is 76.3 Å².